The van der Waals surface area contributed by atoms with Crippen LogP contribution in [-0.2, 0) is 4.79 Å². The van der Waals surface area contributed by atoms with Crippen LogP contribution >= 0.6 is 0 Å². The first-order valence-corrected chi connectivity index (χ1v) is 4.73. The zero-order valence-corrected chi connectivity index (χ0v) is 8.12. The van der Waals surface area contributed by atoms with Gasteiger partial charge in [0.15, 0.2) is 0 Å². The molecule has 0 bridgehead atoms. The van der Waals surface area contributed by atoms with E-state index >= 15 is 0 Å². The Bertz CT molecular complexity index is 192. The van der Waals surface area contributed by atoms with E-state index in [1.807, 2.05) is 11.8 Å². The van der Waals surface area contributed by atoms with E-state index in [-0.39, 0.29) is 5.91 Å². The summed E-state index contributed by atoms with van der Waals surface area (Å²) in [6.07, 6.45) is 2.46. The molecule has 1 heterocycles. The molecule has 1 unspecified atom stereocenters. The predicted molar refractivity (Wildman–Crippen MR) is 50.1 cm³/mol. The summed E-state index contributed by atoms with van der Waals surface area (Å²) in [5, 5.41) is 9.76. The molecule has 4 nitrogen and oxygen atoms in total. The highest BCUT2D eigenvalue weighted by molar-refractivity contribution is 5.75. The van der Waals surface area contributed by atoms with Gasteiger partial charge >= 0.3 is 0 Å². The third kappa shape index (κ3) is 3.74. The van der Waals surface area contributed by atoms with Gasteiger partial charge in [0.05, 0.1) is 12.1 Å². The van der Waals surface area contributed by atoms with Crippen molar-refractivity contribution in [3.05, 3.63) is 0 Å². The van der Waals surface area contributed by atoms with Gasteiger partial charge in [0, 0.05) is 6.54 Å². The molecule has 0 aliphatic carbocycles. The minimum absolute atomic E-state index is 0.290. The van der Waals surface area contributed by atoms with Crippen LogP contribution in [0.25, 0.3) is 0 Å². The van der Waals surface area contributed by atoms with E-state index < -0.39 is 5.60 Å². The van der Waals surface area contributed by atoms with Crippen molar-refractivity contribution < 1.29 is 9.90 Å². The predicted octanol–water partition coefficient (Wildman–Crippen LogP) is -0.291. The Balaban J connectivity index is 2.40. The van der Waals surface area contributed by atoms with Crippen LogP contribution in [0.15, 0.2) is 0 Å². The average molecular weight is 186 g/mol. The van der Waals surface area contributed by atoms with Crippen LogP contribution in [0.4, 0.5) is 0 Å². The summed E-state index contributed by atoms with van der Waals surface area (Å²) < 4.78 is 0. The molecule has 76 valence electrons. The third-order valence-electron chi connectivity index (χ3n) is 2.54. The maximum Gasteiger partial charge on any atom is 0.231 e. The van der Waals surface area contributed by atoms with Gasteiger partial charge in [-0.25, -0.2) is 0 Å². The van der Waals surface area contributed by atoms with Crippen LogP contribution in [0.2, 0.25) is 0 Å². The Kier molecular flexibility index (Phi) is 3.27. The van der Waals surface area contributed by atoms with Crippen molar-refractivity contribution in [3.8, 4) is 0 Å². The summed E-state index contributed by atoms with van der Waals surface area (Å²) in [6, 6.07) is 0. The number of likely N-dealkylation sites (tertiary alicyclic amines) is 1. The summed E-state index contributed by atoms with van der Waals surface area (Å²) in [5.74, 6) is -0.290. The smallest absolute Gasteiger partial charge is 0.231 e. The maximum atomic E-state index is 10.7. The quantitative estimate of drug-likeness (QED) is 0.622. The Morgan fingerprint density at radius 1 is 1.54 bits per heavy atom. The standard InChI is InChI=1S/C9H18N2O2/c1-9(13)3-2-5-11(6-4-9)7-8(10)12/h13H,2-7H2,1H3,(H2,10,12). The van der Waals surface area contributed by atoms with Crippen LogP contribution in [-0.4, -0.2) is 41.1 Å². The van der Waals surface area contributed by atoms with Gasteiger partial charge < -0.3 is 10.8 Å². The topological polar surface area (TPSA) is 66.6 Å². The Morgan fingerprint density at radius 3 is 2.85 bits per heavy atom. The molecule has 1 amide bonds. The zero-order valence-electron chi connectivity index (χ0n) is 8.12. The summed E-state index contributed by atoms with van der Waals surface area (Å²) in [6.45, 7) is 3.78. The molecular formula is C9H18N2O2. The third-order valence-corrected chi connectivity index (χ3v) is 2.54. The second kappa shape index (κ2) is 4.07. The molecule has 1 saturated heterocycles. The second-order valence-electron chi connectivity index (χ2n) is 4.09. The lowest BCUT2D eigenvalue weighted by Crippen LogP contribution is -2.35. The van der Waals surface area contributed by atoms with Crippen molar-refractivity contribution in [1.29, 1.82) is 0 Å². The van der Waals surface area contributed by atoms with Crippen molar-refractivity contribution in [2.24, 2.45) is 5.73 Å². The van der Waals surface area contributed by atoms with Gasteiger partial charge in [-0.3, -0.25) is 9.69 Å². The van der Waals surface area contributed by atoms with Crippen molar-refractivity contribution >= 4 is 5.91 Å². The van der Waals surface area contributed by atoms with Gasteiger partial charge in [0.25, 0.3) is 0 Å². The van der Waals surface area contributed by atoms with E-state index in [4.69, 9.17) is 5.73 Å². The first-order valence-electron chi connectivity index (χ1n) is 4.73. The van der Waals surface area contributed by atoms with Gasteiger partial charge in [0.1, 0.15) is 0 Å². The largest absolute Gasteiger partial charge is 0.390 e. The molecule has 13 heavy (non-hydrogen) atoms. The lowest BCUT2D eigenvalue weighted by molar-refractivity contribution is -0.119. The number of primary amides is 1. The highest BCUT2D eigenvalue weighted by Crippen LogP contribution is 2.20. The van der Waals surface area contributed by atoms with E-state index in [0.717, 1.165) is 32.4 Å². The van der Waals surface area contributed by atoms with E-state index in [1.165, 1.54) is 0 Å². The molecule has 1 fully saturated rings. The Labute approximate surface area is 78.7 Å². The first kappa shape index (κ1) is 10.5. The van der Waals surface area contributed by atoms with Crippen LogP contribution < -0.4 is 5.73 Å². The number of carbonyl (C=O) groups is 1. The molecule has 0 saturated carbocycles. The first-order chi connectivity index (χ1) is 5.99. The SMILES string of the molecule is CC1(O)CCCN(CC(N)=O)CC1. The number of hydrogen-bond acceptors (Lipinski definition) is 3. The normalized spacial score (nSPS) is 31.2. The van der Waals surface area contributed by atoms with E-state index in [1.54, 1.807) is 0 Å². The molecule has 3 N–H and O–H groups in total. The number of nitrogens with zero attached hydrogens (tertiary/aromatic N) is 1. The lowest BCUT2D eigenvalue weighted by atomic mass is 9.98. The van der Waals surface area contributed by atoms with E-state index in [9.17, 15) is 9.90 Å². The van der Waals surface area contributed by atoms with Crippen LogP contribution in [0.5, 0.6) is 0 Å². The second-order valence-corrected chi connectivity index (χ2v) is 4.09. The van der Waals surface area contributed by atoms with Gasteiger partial charge in [-0.05, 0) is 32.7 Å². The molecule has 0 aromatic carbocycles. The monoisotopic (exact) mass is 186 g/mol. The zero-order chi connectivity index (χ0) is 9.90. The summed E-state index contributed by atoms with van der Waals surface area (Å²) >= 11 is 0. The van der Waals surface area contributed by atoms with Crippen molar-refractivity contribution in [3.63, 3.8) is 0 Å². The number of aliphatic hydroxyl groups is 1. The number of hydrogen-bond donors (Lipinski definition) is 2. The number of rotatable bonds is 2. The fourth-order valence-corrected chi connectivity index (χ4v) is 1.70. The minimum atomic E-state index is -0.563. The minimum Gasteiger partial charge on any atom is -0.390 e. The molecule has 0 spiro atoms. The molecule has 1 rings (SSSR count). The summed E-state index contributed by atoms with van der Waals surface area (Å²) in [4.78, 5) is 12.7. The molecule has 1 aliphatic rings. The van der Waals surface area contributed by atoms with Crippen LogP contribution in [0.1, 0.15) is 26.2 Å². The highest BCUT2D eigenvalue weighted by atomic mass is 16.3. The van der Waals surface area contributed by atoms with Gasteiger partial charge in [0.2, 0.25) is 5.91 Å². The highest BCUT2D eigenvalue weighted by Gasteiger charge is 2.25. The number of amides is 1. The van der Waals surface area contributed by atoms with Gasteiger partial charge in [-0.2, -0.15) is 0 Å². The molecule has 4 heteroatoms. The van der Waals surface area contributed by atoms with Crippen molar-refractivity contribution in [1.82, 2.24) is 4.90 Å². The van der Waals surface area contributed by atoms with Gasteiger partial charge in [-0.1, -0.05) is 0 Å². The Morgan fingerprint density at radius 2 is 2.23 bits per heavy atom. The Hall–Kier alpha value is -0.610. The van der Waals surface area contributed by atoms with Crippen molar-refractivity contribution in [2.45, 2.75) is 31.8 Å². The summed E-state index contributed by atoms with van der Waals surface area (Å²) in [7, 11) is 0. The fourth-order valence-electron chi connectivity index (χ4n) is 1.70. The molecule has 1 aliphatic heterocycles. The van der Waals surface area contributed by atoms with Crippen LogP contribution in [0, 0.1) is 0 Å². The van der Waals surface area contributed by atoms with Gasteiger partial charge in [-0.15, -0.1) is 0 Å². The molecular weight excluding hydrogens is 168 g/mol. The molecule has 0 radical (unpaired) electrons. The lowest BCUT2D eigenvalue weighted by Gasteiger charge is -2.21. The fraction of sp³-hybridized carbons (Fsp3) is 0.889. The molecule has 0 aromatic heterocycles. The molecule has 1 atom stereocenters. The number of carbonyl (C=O) groups excluding carboxylic acids is 1. The van der Waals surface area contributed by atoms with Crippen LogP contribution in [0.3, 0.4) is 0 Å². The maximum absolute atomic E-state index is 10.7. The number of nitrogens with two attached hydrogens (primary N) is 1. The average Bonchev–Trinajstić information content (AvgIpc) is 2.12. The van der Waals surface area contributed by atoms with E-state index in [2.05, 4.69) is 0 Å². The molecule has 0 aromatic rings. The summed E-state index contributed by atoms with van der Waals surface area (Å²) in [5.41, 5.74) is 4.54. The van der Waals surface area contributed by atoms with Crippen molar-refractivity contribution in [2.75, 3.05) is 19.6 Å². The van der Waals surface area contributed by atoms with E-state index in [0.29, 0.717) is 6.54 Å².